The number of carbonyl (C=O) groups is 1. The van der Waals surface area contributed by atoms with Crippen LogP contribution >= 0.6 is 15.9 Å². The molecule has 5 nitrogen and oxygen atoms in total. The first-order chi connectivity index (χ1) is 15.6. The van der Waals surface area contributed by atoms with Crippen LogP contribution in [-0.4, -0.2) is 31.2 Å². The molecule has 1 aliphatic rings. The molecule has 0 bridgehead atoms. The fourth-order valence-corrected chi connectivity index (χ4v) is 5.98. The van der Waals surface area contributed by atoms with Gasteiger partial charge in [-0.3, -0.25) is 4.79 Å². The molecule has 3 aromatic rings. The zero-order valence-corrected chi connectivity index (χ0v) is 21.4. The molecule has 1 atom stereocenters. The zero-order valence-electron chi connectivity index (χ0n) is 19.0. The lowest BCUT2D eigenvalue weighted by molar-refractivity contribution is -0.119. The van der Waals surface area contributed by atoms with Gasteiger partial charge in [-0.15, -0.1) is 0 Å². The van der Waals surface area contributed by atoms with Gasteiger partial charge in [-0.1, -0.05) is 63.5 Å². The molecule has 1 aliphatic heterocycles. The maximum atomic E-state index is 13.6. The number of halogens is 1. The summed E-state index contributed by atoms with van der Waals surface area (Å²) in [6.07, 6.45) is 0.739. The largest absolute Gasteiger partial charge is 0.308 e. The summed E-state index contributed by atoms with van der Waals surface area (Å²) in [6, 6.07) is 20.3. The first kappa shape index (κ1) is 23.7. The van der Waals surface area contributed by atoms with Crippen molar-refractivity contribution in [2.24, 2.45) is 0 Å². The number of nitrogens with zero attached hydrogens (tertiary/aromatic N) is 2. The number of sulfonamides is 1. The Morgan fingerprint density at radius 3 is 2.24 bits per heavy atom. The van der Waals surface area contributed by atoms with Gasteiger partial charge in [0.05, 0.1) is 11.4 Å². The first-order valence-electron chi connectivity index (χ1n) is 10.9. The number of rotatable bonds is 6. The summed E-state index contributed by atoms with van der Waals surface area (Å²) < 4.78 is 29.4. The molecule has 0 aromatic heterocycles. The molecule has 0 aliphatic carbocycles. The molecule has 4 rings (SSSR count). The highest BCUT2D eigenvalue weighted by atomic mass is 79.9. The lowest BCUT2D eigenvalue weighted by Crippen LogP contribution is -2.44. The van der Waals surface area contributed by atoms with E-state index in [0.29, 0.717) is 0 Å². The van der Waals surface area contributed by atoms with E-state index in [9.17, 15) is 13.2 Å². The van der Waals surface area contributed by atoms with Crippen molar-refractivity contribution in [3.63, 3.8) is 0 Å². The lowest BCUT2D eigenvalue weighted by Gasteiger charge is -2.27. The molecular formula is C26H27BrN2O3S. The van der Waals surface area contributed by atoms with Gasteiger partial charge in [0.25, 0.3) is 0 Å². The molecule has 172 valence electrons. The Morgan fingerprint density at radius 2 is 1.61 bits per heavy atom. The molecule has 0 fully saturated rings. The zero-order chi connectivity index (χ0) is 23.8. The van der Waals surface area contributed by atoms with Crippen LogP contribution in [0.4, 0.5) is 5.69 Å². The van der Waals surface area contributed by atoms with Gasteiger partial charge in [0, 0.05) is 22.7 Å². The molecule has 0 saturated carbocycles. The summed E-state index contributed by atoms with van der Waals surface area (Å²) in [5.41, 5.74) is 4.83. The maximum Gasteiger partial charge on any atom is 0.243 e. The Bertz CT molecular complexity index is 1270. The van der Waals surface area contributed by atoms with Gasteiger partial charge >= 0.3 is 0 Å². The Kier molecular flexibility index (Phi) is 6.75. The number of carbonyl (C=O) groups excluding carboxylic acids is 1. The minimum Gasteiger partial charge on any atom is -0.308 e. The van der Waals surface area contributed by atoms with Crippen molar-refractivity contribution in [1.82, 2.24) is 4.31 Å². The molecule has 0 radical (unpaired) electrons. The quantitative estimate of drug-likeness (QED) is 0.441. The van der Waals surface area contributed by atoms with Crippen LogP contribution in [0.5, 0.6) is 0 Å². The average Bonchev–Trinajstić information content (AvgIpc) is 3.09. The first-order valence-corrected chi connectivity index (χ1v) is 13.1. The van der Waals surface area contributed by atoms with Gasteiger partial charge in [-0.2, -0.15) is 4.31 Å². The lowest BCUT2D eigenvalue weighted by atomic mass is 10.1. The summed E-state index contributed by atoms with van der Waals surface area (Å²) in [4.78, 5) is 15.4. The van der Waals surface area contributed by atoms with Gasteiger partial charge in [-0.05, 0) is 68.7 Å². The smallest absolute Gasteiger partial charge is 0.243 e. The molecule has 0 N–H and O–H groups in total. The summed E-state index contributed by atoms with van der Waals surface area (Å²) in [7, 11) is -3.87. The van der Waals surface area contributed by atoms with E-state index in [1.54, 1.807) is 29.2 Å². The number of aryl methyl sites for hydroxylation is 2. The van der Waals surface area contributed by atoms with E-state index >= 15 is 0 Å². The van der Waals surface area contributed by atoms with Crippen molar-refractivity contribution < 1.29 is 13.2 Å². The van der Waals surface area contributed by atoms with Gasteiger partial charge in [0.2, 0.25) is 15.9 Å². The molecule has 1 heterocycles. The van der Waals surface area contributed by atoms with Gasteiger partial charge in [0.1, 0.15) is 0 Å². The van der Waals surface area contributed by atoms with Crippen LogP contribution in [0.1, 0.15) is 29.2 Å². The number of anilines is 1. The average molecular weight is 527 g/mol. The molecule has 3 aromatic carbocycles. The van der Waals surface area contributed by atoms with Crippen LogP contribution in [0.25, 0.3) is 0 Å². The molecule has 1 amide bonds. The second-order valence-corrected chi connectivity index (χ2v) is 11.5. The minimum atomic E-state index is -3.87. The van der Waals surface area contributed by atoms with Crippen molar-refractivity contribution in [3.8, 4) is 0 Å². The molecular weight excluding hydrogens is 500 g/mol. The predicted octanol–water partition coefficient (Wildman–Crippen LogP) is 5.23. The highest BCUT2D eigenvalue weighted by molar-refractivity contribution is 9.10. The van der Waals surface area contributed by atoms with Crippen LogP contribution < -0.4 is 4.90 Å². The van der Waals surface area contributed by atoms with Gasteiger partial charge in [-0.25, -0.2) is 8.42 Å². The van der Waals surface area contributed by atoms with Crippen molar-refractivity contribution >= 4 is 37.5 Å². The van der Waals surface area contributed by atoms with Crippen molar-refractivity contribution in [1.29, 1.82) is 0 Å². The number of hydrogen-bond acceptors (Lipinski definition) is 3. The van der Waals surface area contributed by atoms with Crippen molar-refractivity contribution in [2.75, 3.05) is 11.4 Å². The molecule has 0 spiro atoms. The summed E-state index contributed by atoms with van der Waals surface area (Å²) >= 11 is 3.49. The number of hydrogen-bond donors (Lipinski definition) is 0. The van der Waals surface area contributed by atoms with E-state index in [1.165, 1.54) is 4.31 Å². The van der Waals surface area contributed by atoms with Crippen molar-refractivity contribution in [3.05, 3.63) is 93.5 Å². The van der Waals surface area contributed by atoms with E-state index < -0.39 is 10.0 Å². The van der Waals surface area contributed by atoms with E-state index in [0.717, 1.165) is 38.8 Å². The molecule has 0 unspecified atom stereocenters. The third-order valence-electron chi connectivity index (χ3n) is 5.98. The fraction of sp³-hybridized carbons (Fsp3) is 0.269. The van der Waals surface area contributed by atoms with E-state index in [2.05, 4.69) is 15.9 Å². The second-order valence-electron chi connectivity index (χ2n) is 8.66. The van der Waals surface area contributed by atoms with Gasteiger partial charge in [0.15, 0.2) is 0 Å². The SMILES string of the molecule is Cc1ccc(CN(CC(=O)N2c3ccc(Br)cc3C[C@H]2C)S(=O)(=O)c2ccc(C)cc2)cc1. The summed E-state index contributed by atoms with van der Waals surface area (Å²) in [5.74, 6) is -0.230. The number of fused-ring (bicyclic) bond motifs is 1. The standard InChI is InChI=1S/C26H27BrN2O3S/c1-18-4-8-21(9-5-18)16-28(33(31,32)24-11-6-19(2)7-12-24)17-26(30)29-20(3)14-22-15-23(27)10-13-25(22)29/h4-13,15,20H,14,16-17H2,1-3H3/t20-/m1/s1. The van der Waals surface area contributed by atoms with Crippen LogP contribution in [0.3, 0.4) is 0 Å². The Balaban J connectivity index is 1.67. The summed E-state index contributed by atoms with van der Waals surface area (Å²) in [6.45, 7) is 5.78. The topological polar surface area (TPSA) is 57.7 Å². The van der Waals surface area contributed by atoms with E-state index in [1.807, 2.05) is 63.2 Å². The molecule has 7 heteroatoms. The van der Waals surface area contributed by atoms with E-state index in [-0.39, 0.29) is 29.9 Å². The molecule has 0 saturated heterocycles. The Morgan fingerprint density at radius 1 is 1.00 bits per heavy atom. The molecule has 33 heavy (non-hydrogen) atoms. The normalized spacial score (nSPS) is 15.7. The van der Waals surface area contributed by atoms with E-state index in [4.69, 9.17) is 0 Å². The third kappa shape index (κ3) is 5.05. The van der Waals surface area contributed by atoms with Crippen LogP contribution in [-0.2, 0) is 27.8 Å². The monoisotopic (exact) mass is 526 g/mol. The highest BCUT2D eigenvalue weighted by Gasteiger charge is 2.34. The maximum absolute atomic E-state index is 13.6. The Labute approximate surface area is 204 Å². The number of benzene rings is 3. The minimum absolute atomic E-state index is 0.0369. The fourth-order valence-electron chi connectivity index (χ4n) is 4.19. The van der Waals surface area contributed by atoms with Crippen LogP contribution in [0.2, 0.25) is 0 Å². The highest BCUT2D eigenvalue weighted by Crippen LogP contribution is 2.34. The van der Waals surface area contributed by atoms with Crippen LogP contribution in [0, 0.1) is 13.8 Å². The Hall–Kier alpha value is -2.48. The van der Waals surface area contributed by atoms with Crippen LogP contribution in [0.15, 0.2) is 76.1 Å². The second kappa shape index (κ2) is 9.41. The van der Waals surface area contributed by atoms with Crippen molar-refractivity contribution in [2.45, 2.75) is 44.7 Å². The predicted molar refractivity (Wildman–Crippen MR) is 135 cm³/mol. The number of amides is 1. The third-order valence-corrected chi connectivity index (χ3v) is 8.27. The van der Waals surface area contributed by atoms with Gasteiger partial charge < -0.3 is 4.90 Å². The summed E-state index contributed by atoms with van der Waals surface area (Å²) in [5, 5.41) is 0.